The molecule has 0 saturated heterocycles. The standard InChI is InChI=1S/C60H52N2/c1-37-33-45(61(41-21-13-9-14-22-41)42-23-15-10-16-24-42)35-51-53(37)49-31-29-47-48-30-32-50-54-38(2)34-46(62(43-25-17-11-18-26-43)44-27-19-12-20-28-44)36-52(54)60(7,8)58(50)56(48)40(4)39(3)55(47)57(49)59(51,5)6/h9-36H,1-8H3. The Balaban J connectivity index is 1.08. The molecule has 0 fully saturated rings. The largest absolute Gasteiger partial charge is 0.310 e. The van der Waals surface area contributed by atoms with E-state index in [0.717, 1.165) is 22.7 Å². The third-order valence-corrected chi connectivity index (χ3v) is 14.4. The summed E-state index contributed by atoms with van der Waals surface area (Å²) in [6.07, 6.45) is 0. The van der Waals surface area contributed by atoms with E-state index in [0.29, 0.717) is 0 Å². The number of fused-ring (bicyclic) bond motifs is 11. The molecule has 2 aliphatic carbocycles. The molecule has 0 aromatic heterocycles. The molecule has 0 N–H and O–H groups in total. The highest BCUT2D eigenvalue weighted by atomic mass is 15.1. The summed E-state index contributed by atoms with van der Waals surface area (Å²) in [5.74, 6) is 0. The van der Waals surface area contributed by atoms with Crippen LogP contribution in [0, 0.1) is 27.7 Å². The molecular weight excluding hydrogens is 749 g/mol. The molecule has 0 aliphatic heterocycles. The fourth-order valence-corrected chi connectivity index (χ4v) is 11.5. The van der Waals surface area contributed by atoms with Gasteiger partial charge in [-0.15, -0.1) is 0 Å². The van der Waals surface area contributed by atoms with Crippen LogP contribution in [0.2, 0.25) is 0 Å². The maximum Gasteiger partial charge on any atom is 0.0467 e. The maximum atomic E-state index is 2.47. The van der Waals surface area contributed by atoms with Crippen LogP contribution in [0.4, 0.5) is 34.1 Å². The topological polar surface area (TPSA) is 6.48 Å². The number of para-hydroxylation sites is 4. The zero-order valence-electron chi connectivity index (χ0n) is 37.1. The second kappa shape index (κ2) is 13.8. The maximum absolute atomic E-state index is 2.47. The Hall–Kier alpha value is -6.90. The van der Waals surface area contributed by atoms with Crippen molar-refractivity contribution in [3.63, 3.8) is 0 Å². The number of nitrogens with zero attached hydrogens (tertiary/aromatic N) is 2. The molecule has 9 aromatic carbocycles. The first-order chi connectivity index (χ1) is 30.0. The summed E-state index contributed by atoms with van der Waals surface area (Å²) >= 11 is 0. The van der Waals surface area contributed by atoms with Gasteiger partial charge in [-0.2, -0.15) is 0 Å². The van der Waals surface area contributed by atoms with Crippen LogP contribution < -0.4 is 9.80 Å². The minimum atomic E-state index is -0.224. The molecule has 0 spiro atoms. The quantitative estimate of drug-likeness (QED) is 0.155. The number of anilines is 6. The summed E-state index contributed by atoms with van der Waals surface area (Å²) in [5, 5.41) is 5.51. The monoisotopic (exact) mass is 800 g/mol. The lowest BCUT2D eigenvalue weighted by atomic mass is 9.75. The molecule has 2 aliphatic rings. The van der Waals surface area contributed by atoms with Gasteiger partial charge in [-0.25, -0.2) is 0 Å². The third-order valence-electron chi connectivity index (χ3n) is 14.4. The van der Waals surface area contributed by atoms with E-state index < -0.39 is 0 Å². The number of hydrogen-bond acceptors (Lipinski definition) is 2. The van der Waals surface area contributed by atoms with Gasteiger partial charge >= 0.3 is 0 Å². The molecule has 0 bridgehead atoms. The lowest BCUT2D eigenvalue weighted by Crippen LogP contribution is -2.18. The van der Waals surface area contributed by atoms with Crippen molar-refractivity contribution in [3.8, 4) is 22.3 Å². The van der Waals surface area contributed by atoms with Gasteiger partial charge in [0.15, 0.2) is 0 Å². The fraction of sp³-hybridized carbons (Fsp3) is 0.167. The van der Waals surface area contributed by atoms with Crippen molar-refractivity contribution in [3.05, 3.63) is 214 Å². The van der Waals surface area contributed by atoms with E-state index in [4.69, 9.17) is 0 Å². The van der Waals surface area contributed by atoms with E-state index in [1.165, 1.54) is 99.7 Å². The molecule has 0 atom stereocenters. The van der Waals surface area contributed by atoms with Crippen molar-refractivity contribution < 1.29 is 0 Å². The van der Waals surface area contributed by atoms with Crippen molar-refractivity contribution >= 4 is 55.7 Å². The Morgan fingerprint density at radius 2 is 0.645 bits per heavy atom. The molecule has 62 heavy (non-hydrogen) atoms. The summed E-state index contributed by atoms with van der Waals surface area (Å²) in [6, 6.07) is 62.6. The van der Waals surface area contributed by atoms with Crippen LogP contribution in [0.15, 0.2) is 170 Å². The normalized spacial score (nSPS) is 14.1. The highest BCUT2D eigenvalue weighted by Gasteiger charge is 2.42. The summed E-state index contributed by atoms with van der Waals surface area (Å²) in [4.78, 5) is 4.80. The van der Waals surface area contributed by atoms with Gasteiger partial charge in [-0.05, 0) is 189 Å². The van der Waals surface area contributed by atoms with Crippen molar-refractivity contribution in [1.29, 1.82) is 0 Å². The van der Waals surface area contributed by atoms with Crippen LogP contribution >= 0.6 is 0 Å². The molecule has 11 rings (SSSR count). The second-order valence-corrected chi connectivity index (χ2v) is 18.7. The van der Waals surface area contributed by atoms with Crippen molar-refractivity contribution in [2.75, 3.05) is 9.80 Å². The van der Waals surface area contributed by atoms with Gasteiger partial charge in [0.1, 0.15) is 0 Å². The number of rotatable bonds is 6. The predicted octanol–water partition coefficient (Wildman–Crippen LogP) is 16.8. The summed E-state index contributed by atoms with van der Waals surface area (Å²) in [5.41, 5.74) is 23.1. The van der Waals surface area contributed by atoms with Crippen molar-refractivity contribution in [2.45, 2.75) is 66.2 Å². The molecular formula is C60H52N2. The smallest absolute Gasteiger partial charge is 0.0467 e. The zero-order chi connectivity index (χ0) is 42.7. The SMILES string of the molecule is Cc1cc(N(c2ccccc2)c2ccccc2)cc2c1-c1ccc3c(c(C)c(C)c4c5c(ccc43)-c3c(C)cc(N(c4ccccc4)c4ccccc4)cc3C5(C)C)c1C2(C)C. The van der Waals surface area contributed by atoms with Crippen LogP contribution in [-0.2, 0) is 10.8 Å². The minimum Gasteiger partial charge on any atom is -0.310 e. The van der Waals surface area contributed by atoms with Crippen molar-refractivity contribution in [1.82, 2.24) is 0 Å². The van der Waals surface area contributed by atoms with E-state index in [9.17, 15) is 0 Å². The summed E-state index contributed by atoms with van der Waals surface area (Å²) in [6.45, 7) is 19.2. The van der Waals surface area contributed by atoms with Gasteiger partial charge in [-0.1, -0.05) is 125 Å². The number of benzene rings is 9. The number of hydrogen-bond donors (Lipinski definition) is 0. The Kier molecular flexibility index (Phi) is 8.48. The van der Waals surface area contributed by atoms with Gasteiger partial charge < -0.3 is 9.80 Å². The molecule has 302 valence electrons. The summed E-state index contributed by atoms with van der Waals surface area (Å²) in [7, 11) is 0. The van der Waals surface area contributed by atoms with Crippen molar-refractivity contribution in [2.24, 2.45) is 0 Å². The first kappa shape index (κ1) is 38.1. The van der Waals surface area contributed by atoms with Crippen LogP contribution in [0.25, 0.3) is 43.8 Å². The van der Waals surface area contributed by atoms with E-state index >= 15 is 0 Å². The molecule has 0 heterocycles. The van der Waals surface area contributed by atoms with Gasteiger partial charge in [0.25, 0.3) is 0 Å². The molecule has 2 nitrogen and oxygen atoms in total. The Morgan fingerprint density at radius 1 is 0.339 bits per heavy atom. The number of aryl methyl sites for hydroxylation is 4. The van der Waals surface area contributed by atoms with Crippen LogP contribution in [0.1, 0.15) is 72.2 Å². The average molecular weight is 801 g/mol. The average Bonchev–Trinajstić information content (AvgIpc) is 3.66. The predicted molar refractivity (Wildman–Crippen MR) is 265 cm³/mol. The van der Waals surface area contributed by atoms with E-state index in [2.05, 4.69) is 235 Å². The molecule has 0 radical (unpaired) electrons. The third kappa shape index (κ3) is 5.42. The highest BCUT2D eigenvalue weighted by Crippen LogP contribution is 2.59. The lowest BCUT2D eigenvalue weighted by molar-refractivity contribution is 0.664. The molecule has 9 aromatic rings. The first-order valence-electron chi connectivity index (χ1n) is 22.1. The molecule has 0 saturated carbocycles. The molecule has 2 heteroatoms. The van der Waals surface area contributed by atoms with Gasteiger partial charge in [0.05, 0.1) is 0 Å². The molecule has 0 amide bonds. The second-order valence-electron chi connectivity index (χ2n) is 18.7. The van der Waals surface area contributed by atoms with Crippen LogP contribution in [-0.4, -0.2) is 0 Å². The van der Waals surface area contributed by atoms with E-state index in [1.54, 1.807) is 0 Å². The van der Waals surface area contributed by atoms with Crippen LogP contribution in [0.3, 0.4) is 0 Å². The Bertz CT molecular complexity index is 2950. The van der Waals surface area contributed by atoms with E-state index in [1.807, 2.05) is 0 Å². The van der Waals surface area contributed by atoms with Gasteiger partial charge in [-0.3, -0.25) is 0 Å². The lowest BCUT2D eigenvalue weighted by Gasteiger charge is -2.30. The van der Waals surface area contributed by atoms with Crippen LogP contribution in [0.5, 0.6) is 0 Å². The Labute approximate surface area is 366 Å². The Morgan fingerprint density at radius 3 is 0.952 bits per heavy atom. The fourth-order valence-electron chi connectivity index (χ4n) is 11.5. The first-order valence-corrected chi connectivity index (χ1v) is 22.1. The van der Waals surface area contributed by atoms with E-state index in [-0.39, 0.29) is 10.8 Å². The van der Waals surface area contributed by atoms with Gasteiger partial charge in [0, 0.05) is 45.0 Å². The zero-order valence-corrected chi connectivity index (χ0v) is 37.1. The van der Waals surface area contributed by atoms with Gasteiger partial charge in [0.2, 0.25) is 0 Å². The molecule has 0 unspecified atom stereocenters. The summed E-state index contributed by atoms with van der Waals surface area (Å²) < 4.78 is 0. The minimum absolute atomic E-state index is 0.224. The highest BCUT2D eigenvalue weighted by molar-refractivity contribution is 6.17.